The highest BCUT2D eigenvalue weighted by Gasteiger charge is 2.57. The molecule has 2 saturated heterocycles. The molecule has 0 aromatic rings. The van der Waals surface area contributed by atoms with E-state index in [9.17, 15) is 4.79 Å². The maximum Gasteiger partial charge on any atom is 0.138 e. The van der Waals surface area contributed by atoms with Crippen LogP contribution in [0.5, 0.6) is 0 Å². The number of ketones is 1. The zero-order chi connectivity index (χ0) is 10.8. The molecule has 2 aliphatic carbocycles. The summed E-state index contributed by atoms with van der Waals surface area (Å²) < 4.78 is 6.40. The molecule has 88 valence electrons. The fourth-order valence-electron chi connectivity index (χ4n) is 5.07. The lowest BCUT2D eigenvalue weighted by Crippen LogP contribution is -2.32. The van der Waals surface area contributed by atoms with Gasteiger partial charge in [0, 0.05) is 12.3 Å². The summed E-state index contributed by atoms with van der Waals surface area (Å²) >= 11 is 0. The smallest absolute Gasteiger partial charge is 0.138 e. The summed E-state index contributed by atoms with van der Waals surface area (Å²) in [7, 11) is 0. The van der Waals surface area contributed by atoms with Crippen LogP contribution in [-0.4, -0.2) is 17.5 Å². The van der Waals surface area contributed by atoms with Crippen LogP contribution in [0.25, 0.3) is 0 Å². The third kappa shape index (κ3) is 1.09. The van der Waals surface area contributed by atoms with E-state index in [0.717, 1.165) is 25.2 Å². The lowest BCUT2D eigenvalue weighted by molar-refractivity contribution is -0.128. The minimum absolute atomic E-state index is 0.218. The van der Waals surface area contributed by atoms with Gasteiger partial charge in [-0.3, -0.25) is 4.79 Å². The third-order valence-electron chi connectivity index (χ3n) is 5.76. The molecule has 2 heterocycles. The second kappa shape index (κ2) is 3.10. The number of carbonyl (C=O) groups is 1. The van der Waals surface area contributed by atoms with Crippen LogP contribution >= 0.6 is 0 Å². The summed E-state index contributed by atoms with van der Waals surface area (Å²) in [4.78, 5) is 12.0. The van der Waals surface area contributed by atoms with Crippen LogP contribution in [0.15, 0.2) is 0 Å². The molecular formula is C14H20O2. The molecule has 1 spiro atoms. The summed E-state index contributed by atoms with van der Waals surface area (Å²) in [5.74, 6) is 2.23. The van der Waals surface area contributed by atoms with Crippen molar-refractivity contribution in [1.29, 1.82) is 0 Å². The molecule has 0 aromatic heterocycles. The molecule has 2 unspecified atom stereocenters. The van der Waals surface area contributed by atoms with Gasteiger partial charge in [0.2, 0.25) is 0 Å². The Labute approximate surface area is 96.7 Å². The van der Waals surface area contributed by atoms with Crippen molar-refractivity contribution >= 4 is 5.78 Å². The minimum atomic E-state index is 0.218. The second-order valence-electron chi connectivity index (χ2n) is 6.38. The summed E-state index contributed by atoms with van der Waals surface area (Å²) in [5.41, 5.74) is 0.218. The van der Waals surface area contributed by atoms with Crippen molar-refractivity contribution in [1.82, 2.24) is 0 Å². The minimum Gasteiger partial charge on any atom is -0.371 e. The van der Waals surface area contributed by atoms with Crippen LogP contribution in [0.3, 0.4) is 0 Å². The predicted octanol–water partition coefficient (Wildman–Crippen LogP) is 2.70. The first-order valence-corrected chi connectivity index (χ1v) is 6.99. The number of fused-ring (bicyclic) bond motifs is 3. The van der Waals surface area contributed by atoms with Crippen molar-refractivity contribution in [3.05, 3.63) is 0 Å². The van der Waals surface area contributed by atoms with E-state index in [2.05, 4.69) is 0 Å². The van der Waals surface area contributed by atoms with Gasteiger partial charge < -0.3 is 4.74 Å². The number of carbonyl (C=O) groups excluding carboxylic acids is 1. The van der Waals surface area contributed by atoms with E-state index in [1.807, 2.05) is 0 Å². The predicted molar refractivity (Wildman–Crippen MR) is 60.0 cm³/mol. The van der Waals surface area contributed by atoms with Gasteiger partial charge in [0.15, 0.2) is 0 Å². The van der Waals surface area contributed by atoms with Gasteiger partial charge in [-0.05, 0) is 50.4 Å². The molecule has 2 heteroatoms. The first kappa shape index (κ1) is 9.64. The average Bonchev–Trinajstić information content (AvgIpc) is 2.90. The highest BCUT2D eigenvalue weighted by Crippen LogP contribution is 2.57. The number of Topliss-reactive ketones (excluding diaryl/α,β-unsaturated/α-hetero) is 1. The highest BCUT2D eigenvalue weighted by atomic mass is 16.5. The summed E-state index contributed by atoms with van der Waals surface area (Å²) in [6.45, 7) is 0. The Morgan fingerprint density at radius 3 is 3.06 bits per heavy atom. The average molecular weight is 220 g/mol. The maximum atomic E-state index is 12.0. The third-order valence-corrected chi connectivity index (χ3v) is 5.76. The van der Waals surface area contributed by atoms with E-state index >= 15 is 0 Å². The molecule has 4 rings (SSSR count). The Balaban J connectivity index is 1.72. The topological polar surface area (TPSA) is 26.3 Å². The Hall–Kier alpha value is -0.370. The molecule has 2 bridgehead atoms. The molecule has 0 aromatic carbocycles. The van der Waals surface area contributed by atoms with Gasteiger partial charge in [-0.1, -0.05) is 6.42 Å². The van der Waals surface area contributed by atoms with Crippen molar-refractivity contribution in [2.24, 2.45) is 17.8 Å². The zero-order valence-corrected chi connectivity index (χ0v) is 9.78. The van der Waals surface area contributed by atoms with Crippen LogP contribution in [-0.2, 0) is 9.53 Å². The van der Waals surface area contributed by atoms with Crippen LogP contribution in [0, 0.1) is 17.8 Å². The molecule has 0 amide bonds. The molecule has 5 atom stereocenters. The van der Waals surface area contributed by atoms with Gasteiger partial charge in [0.05, 0.1) is 11.7 Å². The Morgan fingerprint density at radius 2 is 2.12 bits per heavy atom. The van der Waals surface area contributed by atoms with E-state index in [4.69, 9.17) is 4.74 Å². The lowest BCUT2D eigenvalue weighted by Gasteiger charge is -2.30. The first-order valence-electron chi connectivity index (χ1n) is 6.99. The molecule has 16 heavy (non-hydrogen) atoms. The quantitative estimate of drug-likeness (QED) is 0.627. The van der Waals surface area contributed by atoms with Crippen LogP contribution < -0.4 is 0 Å². The van der Waals surface area contributed by atoms with Crippen molar-refractivity contribution < 1.29 is 9.53 Å². The molecule has 0 N–H and O–H groups in total. The van der Waals surface area contributed by atoms with E-state index in [1.54, 1.807) is 0 Å². The van der Waals surface area contributed by atoms with Crippen LogP contribution in [0.4, 0.5) is 0 Å². The Morgan fingerprint density at radius 1 is 1.19 bits per heavy atom. The second-order valence-corrected chi connectivity index (χ2v) is 6.38. The zero-order valence-electron chi connectivity index (χ0n) is 9.78. The number of hydrogen-bond acceptors (Lipinski definition) is 2. The molecule has 4 aliphatic rings. The van der Waals surface area contributed by atoms with Gasteiger partial charge in [-0.25, -0.2) is 0 Å². The fourth-order valence-corrected chi connectivity index (χ4v) is 5.07. The number of rotatable bonds is 0. The SMILES string of the molecule is O=C1CCC2C[C@@H]3CCC[C@]34CC[C@@H](O4)C12. The monoisotopic (exact) mass is 220 g/mol. The van der Waals surface area contributed by atoms with Crippen molar-refractivity contribution in [2.45, 2.75) is 63.1 Å². The summed E-state index contributed by atoms with van der Waals surface area (Å²) in [6.07, 6.45) is 9.91. The van der Waals surface area contributed by atoms with E-state index in [1.165, 1.54) is 32.1 Å². The molecule has 2 nitrogen and oxygen atoms in total. The fraction of sp³-hybridized carbons (Fsp3) is 0.929. The van der Waals surface area contributed by atoms with Crippen molar-refractivity contribution in [3.63, 3.8) is 0 Å². The standard InChI is InChI=1S/C14H20O2/c15-11-4-3-9-8-10-2-1-6-14(10)7-5-12(16-14)13(9)11/h9-10,12-13H,1-8H2/t9?,10-,12+,13?,14-/m0/s1. The van der Waals surface area contributed by atoms with Gasteiger partial charge in [-0.2, -0.15) is 0 Å². The molecule has 0 radical (unpaired) electrons. The van der Waals surface area contributed by atoms with Gasteiger partial charge in [-0.15, -0.1) is 0 Å². The van der Waals surface area contributed by atoms with E-state index in [0.29, 0.717) is 17.8 Å². The highest BCUT2D eigenvalue weighted by molar-refractivity contribution is 5.84. The maximum absolute atomic E-state index is 12.0. The summed E-state index contributed by atoms with van der Waals surface area (Å²) in [5, 5.41) is 0. The normalized spacial score (nSPS) is 54.9. The van der Waals surface area contributed by atoms with Crippen LogP contribution in [0.2, 0.25) is 0 Å². The van der Waals surface area contributed by atoms with Gasteiger partial charge in [0.1, 0.15) is 5.78 Å². The Kier molecular flexibility index (Phi) is 1.86. The molecule has 2 aliphatic heterocycles. The number of hydrogen-bond donors (Lipinski definition) is 0. The lowest BCUT2D eigenvalue weighted by atomic mass is 9.75. The van der Waals surface area contributed by atoms with Gasteiger partial charge in [0.25, 0.3) is 0 Å². The molecule has 2 saturated carbocycles. The largest absolute Gasteiger partial charge is 0.371 e. The first-order chi connectivity index (χ1) is 7.78. The van der Waals surface area contributed by atoms with Crippen molar-refractivity contribution in [2.75, 3.05) is 0 Å². The van der Waals surface area contributed by atoms with E-state index < -0.39 is 0 Å². The van der Waals surface area contributed by atoms with Crippen molar-refractivity contribution in [3.8, 4) is 0 Å². The molecule has 4 fully saturated rings. The van der Waals surface area contributed by atoms with E-state index in [-0.39, 0.29) is 11.5 Å². The number of ether oxygens (including phenoxy) is 1. The summed E-state index contributed by atoms with van der Waals surface area (Å²) in [6, 6.07) is 0. The molecular weight excluding hydrogens is 200 g/mol. The van der Waals surface area contributed by atoms with Gasteiger partial charge >= 0.3 is 0 Å². The van der Waals surface area contributed by atoms with Crippen LogP contribution in [0.1, 0.15) is 51.4 Å². The Bertz CT molecular complexity index is 338.